The fraction of sp³-hybridized carbons (Fsp3) is 0.818. The van der Waals surface area contributed by atoms with Crippen LogP contribution in [0, 0.1) is 0 Å². The van der Waals surface area contributed by atoms with Gasteiger partial charge in [0.15, 0.2) is 11.5 Å². The van der Waals surface area contributed by atoms with Gasteiger partial charge in [-0.2, -0.15) is 0 Å². The Kier molecular flexibility index (Phi) is 43.0. The van der Waals surface area contributed by atoms with Crippen LogP contribution in [0.4, 0.5) is 0 Å². The highest BCUT2D eigenvalue weighted by molar-refractivity contribution is 5.47. The molecule has 0 N–H and O–H groups in total. The normalized spacial score (nSPS) is 11.6. The molecule has 3 nitrogen and oxygen atoms in total. The first-order chi connectivity index (χ1) is 34.1. The van der Waals surface area contributed by atoms with Crippen LogP contribution in [0.3, 0.4) is 0 Å². The predicted octanol–water partition coefficient (Wildman–Crippen LogP) is 22.7. The first kappa shape index (κ1) is 63.1. The van der Waals surface area contributed by atoms with Gasteiger partial charge in [0.25, 0.3) is 0 Å². The van der Waals surface area contributed by atoms with Crippen LogP contribution in [0.2, 0.25) is 0 Å². The standard InChI is InChI=1S/C66H118O3/c1-7-13-19-25-31-37-43-49-59-55-57-65(63(53-47-41-35-29-23-17-11-5)61(59)51-45-39-33-27-21-15-9-3)67-69-68-66-58-56-60(50-44-38-32-26-20-14-8-2)62(52-46-40-34-28-22-16-10-4)64(66)54-48-42-36-30-24-18-12-6/h55-58H,7-54H2,1-6H3. The number of hydrogen-bond donors (Lipinski definition) is 0. The van der Waals surface area contributed by atoms with Crippen LogP contribution < -0.4 is 9.78 Å². The molecular formula is C66H118O3. The Balaban J connectivity index is 2.43. The molecule has 69 heavy (non-hydrogen) atoms. The van der Waals surface area contributed by atoms with E-state index in [-0.39, 0.29) is 0 Å². The minimum Gasteiger partial charge on any atom is -0.299 e. The lowest BCUT2D eigenvalue weighted by Crippen LogP contribution is -2.11. The summed E-state index contributed by atoms with van der Waals surface area (Å²) in [6.07, 6.45) is 62.9. The van der Waals surface area contributed by atoms with Gasteiger partial charge in [0.1, 0.15) is 0 Å². The SMILES string of the molecule is CCCCCCCCCc1ccc(OOOc2ccc(CCCCCCCCC)c(CCCCCCCCC)c2CCCCCCCCC)c(CCCCCCCCC)c1CCCCCCCCC. The molecule has 0 amide bonds. The van der Waals surface area contributed by atoms with Gasteiger partial charge in [0.2, 0.25) is 0 Å². The molecule has 0 aliphatic heterocycles. The lowest BCUT2D eigenvalue weighted by Gasteiger charge is -2.20. The second kappa shape index (κ2) is 47.0. The van der Waals surface area contributed by atoms with Crippen LogP contribution in [0.25, 0.3) is 0 Å². The zero-order valence-corrected chi connectivity index (χ0v) is 47.5. The number of aryl methyl sites for hydroxylation is 2. The Labute approximate surface area is 431 Å². The molecule has 0 saturated carbocycles. The highest BCUT2D eigenvalue weighted by atomic mass is 17.5. The van der Waals surface area contributed by atoms with Gasteiger partial charge in [0, 0.05) is 16.2 Å². The van der Waals surface area contributed by atoms with E-state index in [0.29, 0.717) is 0 Å². The Morgan fingerprint density at radius 2 is 0.420 bits per heavy atom. The summed E-state index contributed by atoms with van der Waals surface area (Å²) in [5.41, 5.74) is 9.03. The number of unbranched alkanes of at least 4 members (excludes halogenated alkanes) is 36. The lowest BCUT2D eigenvalue weighted by molar-refractivity contribution is -0.411. The summed E-state index contributed by atoms with van der Waals surface area (Å²) in [6, 6.07) is 9.26. The molecule has 0 bridgehead atoms. The second-order valence-electron chi connectivity index (χ2n) is 21.8. The molecule has 400 valence electrons. The molecule has 0 spiro atoms. The van der Waals surface area contributed by atoms with E-state index in [1.165, 1.54) is 294 Å². The topological polar surface area (TPSA) is 27.7 Å². The first-order valence-corrected chi connectivity index (χ1v) is 31.4. The molecule has 2 aromatic carbocycles. The summed E-state index contributed by atoms with van der Waals surface area (Å²) >= 11 is 0. The summed E-state index contributed by atoms with van der Waals surface area (Å²) in [6.45, 7) is 13.9. The molecule has 0 heterocycles. The van der Waals surface area contributed by atoms with E-state index in [0.717, 1.165) is 37.2 Å². The highest BCUT2D eigenvalue weighted by Gasteiger charge is 2.19. The minimum absolute atomic E-state index is 0.884. The third-order valence-corrected chi connectivity index (χ3v) is 15.4. The Bertz CT molecular complexity index is 1310. The van der Waals surface area contributed by atoms with Crippen molar-refractivity contribution in [2.75, 3.05) is 0 Å². The molecule has 0 aliphatic rings. The van der Waals surface area contributed by atoms with Crippen LogP contribution in [0.1, 0.15) is 345 Å². The molecule has 0 aliphatic carbocycles. The van der Waals surface area contributed by atoms with Crippen molar-refractivity contribution in [2.45, 2.75) is 350 Å². The van der Waals surface area contributed by atoms with Gasteiger partial charge < -0.3 is 0 Å². The van der Waals surface area contributed by atoms with Crippen molar-refractivity contribution in [3.05, 3.63) is 57.6 Å². The molecule has 2 rings (SSSR count). The summed E-state index contributed by atoms with van der Waals surface area (Å²) in [4.78, 5) is 12.9. The molecule has 0 atom stereocenters. The van der Waals surface area contributed by atoms with Gasteiger partial charge in [-0.25, -0.2) is 0 Å². The Hall–Kier alpha value is -2.00. The number of rotatable bonds is 52. The second-order valence-corrected chi connectivity index (χ2v) is 21.8. The van der Waals surface area contributed by atoms with Crippen LogP contribution in [-0.2, 0) is 43.6 Å². The van der Waals surface area contributed by atoms with Gasteiger partial charge >= 0.3 is 0 Å². The van der Waals surface area contributed by atoms with Gasteiger partial charge in [-0.3, -0.25) is 9.78 Å². The van der Waals surface area contributed by atoms with E-state index in [1.807, 2.05) is 0 Å². The molecular weight excluding hydrogens is 841 g/mol. The molecule has 0 saturated heterocycles. The van der Waals surface area contributed by atoms with Crippen LogP contribution >= 0.6 is 0 Å². The van der Waals surface area contributed by atoms with Crippen molar-refractivity contribution in [2.24, 2.45) is 0 Å². The Morgan fingerprint density at radius 1 is 0.217 bits per heavy atom. The largest absolute Gasteiger partial charge is 0.299 e. The van der Waals surface area contributed by atoms with Crippen molar-refractivity contribution in [3.63, 3.8) is 0 Å². The van der Waals surface area contributed by atoms with Crippen LogP contribution in [0.5, 0.6) is 11.5 Å². The highest BCUT2D eigenvalue weighted by Crippen LogP contribution is 2.34. The first-order valence-electron chi connectivity index (χ1n) is 31.4. The third-order valence-electron chi connectivity index (χ3n) is 15.4. The van der Waals surface area contributed by atoms with Crippen molar-refractivity contribution in [1.29, 1.82) is 0 Å². The van der Waals surface area contributed by atoms with Crippen molar-refractivity contribution in [3.8, 4) is 11.5 Å². The molecule has 0 fully saturated rings. The third kappa shape index (κ3) is 31.9. The van der Waals surface area contributed by atoms with E-state index < -0.39 is 0 Å². The fourth-order valence-corrected chi connectivity index (χ4v) is 10.9. The van der Waals surface area contributed by atoms with E-state index in [9.17, 15) is 0 Å². The number of hydrogen-bond acceptors (Lipinski definition) is 3. The van der Waals surface area contributed by atoms with E-state index in [1.54, 1.807) is 22.3 Å². The molecule has 2 aromatic rings. The zero-order valence-electron chi connectivity index (χ0n) is 47.5. The maximum atomic E-state index is 6.45. The Morgan fingerprint density at radius 3 is 0.667 bits per heavy atom. The predicted molar refractivity (Wildman–Crippen MR) is 305 cm³/mol. The summed E-state index contributed by atoms with van der Waals surface area (Å²) in [7, 11) is 0. The van der Waals surface area contributed by atoms with Crippen molar-refractivity contribution in [1.82, 2.24) is 0 Å². The van der Waals surface area contributed by atoms with E-state index in [2.05, 4.69) is 65.8 Å². The fourth-order valence-electron chi connectivity index (χ4n) is 10.9. The smallest absolute Gasteiger partial charge is 0.173 e. The molecule has 0 unspecified atom stereocenters. The summed E-state index contributed by atoms with van der Waals surface area (Å²) in [5.74, 6) is 1.77. The minimum atomic E-state index is 0.884. The monoisotopic (exact) mass is 959 g/mol. The van der Waals surface area contributed by atoms with Gasteiger partial charge in [-0.15, -0.1) is 0 Å². The van der Waals surface area contributed by atoms with Gasteiger partial charge in [-0.1, -0.05) is 285 Å². The quantitative estimate of drug-likeness (QED) is 0.0376. The van der Waals surface area contributed by atoms with Crippen molar-refractivity contribution < 1.29 is 14.8 Å². The summed E-state index contributed by atoms with van der Waals surface area (Å²) in [5, 5.41) is 6.07. The van der Waals surface area contributed by atoms with Crippen LogP contribution in [0.15, 0.2) is 24.3 Å². The van der Waals surface area contributed by atoms with Gasteiger partial charge in [-0.05, 0) is 111 Å². The lowest BCUT2D eigenvalue weighted by atomic mass is 9.89. The summed E-state index contributed by atoms with van der Waals surface area (Å²) < 4.78 is 0. The maximum absolute atomic E-state index is 6.45. The molecule has 0 aromatic heterocycles. The number of benzene rings is 2. The van der Waals surface area contributed by atoms with Crippen LogP contribution in [-0.4, -0.2) is 0 Å². The zero-order chi connectivity index (χ0) is 49.5. The molecule has 0 radical (unpaired) electrons. The van der Waals surface area contributed by atoms with Gasteiger partial charge in [0.05, 0.1) is 0 Å². The maximum Gasteiger partial charge on any atom is 0.173 e. The average molecular weight is 960 g/mol. The van der Waals surface area contributed by atoms with E-state index >= 15 is 0 Å². The average Bonchev–Trinajstić information content (AvgIpc) is 3.36. The van der Waals surface area contributed by atoms with Crippen molar-refractivity contribution >= 4 is 0 Å². The van der Waals surface area contributed by atoms with E-state index in [4.69, 9.17) is 14.8 Å². The molecule has 3 heteroatoms.